The molecule has 2 aromatic rings. The third kappa shape index (κ3) is 3.94. The Bertz CT molecular complexity index is 881. The Kier molecular flexibility index (Phi) is 5.38. The topological polar surface area (TPSA) is 46.6 Å². The summed E-state index contributed by atoms with van der Waals surface area (Å²) < 4.78 is 18.3. The summed E-state index contributed by atoms with van der Waals surface area (Å²) in [6.45, 7) is 2.12. The number of hydrogen-bond acceptors (Lipinski definition) is 3. The molecule has 0 spiro atoms. The fourth-order valence-corrected chi connectivity index (χ4v) is 3.02. The largest absolute Gasteiger partial charge is 0.449 e. The molecule has 2 aromatic carbocycles. The number of benzene rings is 2. The Balaban J connectivity index is 1.61. The molecule has 1 heterocycles. The van der Waals surface area contributed by atoms with Gasteiger partial charge in [-0.2, -0.15) is 0 Å². The van der Waals surface area contributed by atoms with Crippen molar-refractivity contribution in [1.82, 2.24) is 0 Å². The smallest absolute Gasteiger partial charge is 0.331 e. The monoisotopic (exact) mass is 373 g/mol. The highest BCUT2D eigenvalue weighted by atomic mass is 35.5. The van der Waals surface area contributed by atoms with Crippen molar-refractivity contribution in [3.63, 3.8) is 0 Å². The summed E-state index contributed by atoms with van der Waals surface area (Å²) in [6.07, 6.45) is 2.52. The zero-order valence-electron chi connectivity index (χ0n) is 14.1. The van der Waals surface area contributed by atoms with Gasteiger partial charge in [0.15, 0.2) is 6.10 Å². The molecule has 0 aliphatic carbocycles. The number of anilines is 1. The van der Waals surface area contributed by atoms with Crippen LogP contribution < -0.4 is 4.90 Å². The third-order valence-corrected chi connectivity index (χ3v) is 4.44. The van der Waals surface area contributed by atoms with E-state index >= 15 is 0 Å². The second-order valence-corrected chi connectivity index (χ2v) is 6.36. The Morgan fingerprint density at radius 3 is 2.81 bits per heavy atom. The summed E-state index contributed by atoms with van der Waals surface area (Å²) in [4.78, 5) is 26.2. The molecule has 0 unspecified atom stereocenters. The molecule has 1 aliphatic heterocycles. The molecular weight excluding hydrogens is 357 g/mol. The van der Waals surface area contributed by atoms with Gasteiger partial charge in [0.05, 0.1) is 5.02 Å². The summed E-state index contributed by atoms with van der Waals surface area (Å²) in [5, 5.41) is -0.0308. The highest BCUT2D eigenvalue weighted by Crippen LogP contribution is 2.28. The first kappa shape index (κ1) is 18.1. The van der Waals surface area contributed by atoms with Crippen molar-refractivity contribution in [1.29, 1.82) is 0 Å². The van der Waals surface area contributed by atoms with Gasteiger partial charge in [-0.25, -0.2) is 9.18 Å². The molecule has 6 heteroatoms. The molecule has 1 atom stereocenters. The average Bonchev–Trinajstić information content (AvgIpc) is 3.06. The fourth-order valence-electron chi connectivity index (χ4n) is 2.83. The Morgan fingerprint density at radius 1 is 1.27 bits per heavy atom. The van der Waals surface area contributed by atoms with Crippen LogP contribution in [0.1, 0.15) is 18.1 Å². The van der Waals surface area contributed by atoms with Gasteiger partial charge in [0, 0.05) is 18.3 Å². The number of carbonyl (C=O) groups excluding carboxylic acids is 2. The summed E-state index contributed by atoms with van der Waals surface area (Å²) in [7, 11) is 0. The lowest BCUT2D eigenvalue weighted by molar-refractivity contribution is -0.149. The van der Waals surface area contributed by atoms with E-state index in [2.05, 4.69) is 0 Å². The lowest BCUT2D eigenvalue weighted by Crippen LogP contribution is -2.38. The van der Waals surface area contributed by atoms with Crippen LogP contribution in [0.3, 0.4) is 0 Å². The van der Waals surface area contributed by atoms with Gasteiger partial charge in [-0.3, -0.25) is 4.79 Å². The summed E-state index contributed by atoms with van der Waals surface area (Å²) >= 11 is 5.69. The van der Waals surface area contributed by atoms with Gasteiger partial charge in [-0.1, -0.05) is 35.9 Å². The van der Waals surface area contributed by atoms with Gasteiger partial charge >= 0.3 is 5.97 Å². The van der Waals surface area contributed by atoms with Crippen molar-refractivity contribution in [3.8, 4) is 0 Å². The maximum absolute atomic E-state index is 13.1. The highest BCUT2D eigenvalue weighted by molar-refractivity contribution is 6.30. The van der Waals surface area contributed by atoms with Gasteiger partial charge in [0.2, 0.25) is 0 Å². The van der Waals surface area contributed by atoms with Crippen LogP contribution in [0.25, 0.3) is 6.08 Å². The standard InChI is InChI=1S/C20H17ClFNO3/c1-13(20(25)23-11-10-15-4-2-3-5-18(15)23)26-19(24)9-7-14-6-8-17(22)16(21)12-14/h2-9,12-13H,10-11H2,1H3/b9-7+/t13-/m0/s1. The van der Waals surface area contributed by atoms with Gasteiger partial charge in [0.1, 0.15) is 5.82 Å². The first-order valence-electron chi connectivity index (χ1n) is 8.19. The number of carbonyl (C=O) groups is 2. The molecular formula is C20H17ClFNO3. The molecule has 0 aromatic heterocycles. The number of nitrogens with zero attached hydrogens (tertiary/aromatic N) is 1. The second kappa shape index (κ2) is 7.70. The molecule has 1 aliphatic rings. The van der Waals surface area contributed by atoms with E-state index in [1.807, 2.05) is 24.3 Å². The molecule has 0 saturated heterocycles. The maximum atomic E-state index is 13.1. The molecule has 1 amide bonds. The first-order valence-corrected chi connectivity index (χ1v) is 8.56. The lowest BCUT2D eigenvalue weighted by Gasteiger charge is -2.21. The van der Waals surface area contributed by atoms with E-state index in [-0.39, 0.29) is 10.9 Å². The number of para-hydroxylation sites is 1. The van der Waals surface area contributed by atoms with E-state index in [0.717, 1.165) is 17.7 Å². The van der Waals surface area contributed by atoms with Crippen molar-refractivity contribution < 1.29 is 18.7 Å². The second-order valence-electron chi connectivity index (χ2n) is 5.95. The molecule has 0 fully saturated rings. The molecule has 0 bridgehead atoms. The highest BCUT2D eigenvalue weighted by Gasteiger charge is 2.29. The van der Waals surface area contributed by atoms with Gasteiger partial charge in [0.25, 0.3) is 5.91 Å². The van der Waals surface area contributed by atoms with Crippen molar-refractivity contribution in [2.75, 3.05) is 11.4 Å². The normalized spacial score (nSPS) is 14.3. The lowest BCUT2D eigenvalue weighted by atomic mass is 10.2. The van der Waals surface area contributed by atoms with Crippen LogP contribution in [0.5, 0.6) is 0 Å². The Labute approximate surface area is 155 Å². The number of amides is 1. The Hall–Kier alpha value is -2.66. The number of ether oxygens (including phenoxy) is 1. The van der Waals surface area contributed by atoms with Gasteiger partial charge in [-0.15, -0.1) is 0 Å². The van der Waals surface area contributed by atoms with E-state index < -0.39 is 17.9 Å². The maximum Gasteiger partial charge on any atom is 0.331 e. The zero-order valence-corrected chi connectivity index (χ0v) is 14.9. The van der Waals surface area contributed by atoms with E-state index in [4.69, 9.17) is 16.3 Å². The minimum atomic E-state index is -0.907. The molecule has 3 rings (SSSR count). The van der Waals surface area contributed by atoms with Gasteiger partial charge < -0.3 is 9.64 Å². The summed E-state index contributed by atoms with van der Waals surface area (Å²) in [6, 6.07) is 11.8. The fraction of sp³-hybridized carbons (Fsp3) is 0.200. The van der Waals surface area contributed by atoms with E-state index in [1.165, 1.54) is 30.4 Å². The van der Waals surface area contributed by atoms with E-state index in [9.17, 15) is 14.0 Å². The number of rotatable bonds is 4. The van der Waals surface area contributed by atoms with Gasteiger partial charge in [-0.05, 0) is 48.7 Å². The van der Waals surface area contributed by atoms with Crippen LogP contribution >= 0.6 is 11.6 Å². The van der Waals surface area contributed by atoms with Crippen LogP contribution in [-0.4, -0.2) is 24.5 Å². The summed E-state index contributed by atoms with van der Waals surface area (Å²) in [5.74, 6) is -1.45. The molecule has 26 heavy (non-hydrogen) atoms. The van der Waals surface area contributed by atoms with Crippen LogP contribution in [0.4, 0.5) is 10.1 Å². The quantitative estimate of drug-likeness (QED) is 0.601. The number of esters is 1. The van der Waals surface area contributed by atoms with Crippen molar-refractivity contribution in [3.05, 3.63) is 70.5 Å². The minimum Gasteiger partial charge on any atom is -0.449 e. The zero-order chi connectivity index (χ0) is 18.7. The molecule has 134 valence electrons. The van der Waals surface area contributed by atoms with Crippen LogP contribution in [0.15, 0.2) is 48.5 Å². The SMILES string of the molecule is C[C@H](OC(=O)/C=C/c1ccc(F)c(Cl)c1)C(=O)N1CCc2ccccc21. The number of hydrogen-bond donors (Lipinski definition) is 0. The molecule has 0 saturated carbocycles. The molecule has 0 N–H and O–H groups in total. The Morgan fingerprint density at radius 2 is 2.04 bits per heavy atom. The van der Waals surface area contributed by atoms with Crippen LogP contribution in [0, 0.1) is 5.82 Å². The van der Waals surface area contributed by atoms with Crippen LogP contribution in [0.2, 0.25) is 5.02 Å². The predicted molar refractivity (Wildman–Crippen MR) is 98.5 cm³/mol. The molecule has 4 nitrogen and oxygen atoms in total. The first-order chi connectivity index (χ1) is 12.5. The summed E-state index contributed by atoms with van der Waals surface area (Å²) in [5.41, 5.74) is 2.52. The minimum absolute atomic E-state index is 0.0308. The average molecular weight is 374 g/mol. The predicted octanol–water partition coefficient (Wildman–Crippen LogP) is 4.01. The molecule has 0 radical (unpaired) electrons. The van der Waals surface area contributed by atoms with Crippen LogP contribution in [-0.2, 0) is 20.7 Å². The van der Waals surface area contributed by atoms with Crippen molar-refractivity contribution in [2.24, 2.45) is 0 Å². The van der Waals surface area contributed by atoms with Crippen molar-refractivity contribution >= 4 is 35.2 Å². The number of halogens is 2. The number of fused-ring (bicyclic) bond motifs is 1. The van der Waals surface area contributed by atoms with Crippen molar-refractivity contribution in [2.45, 2.75) is 19.4 Å². The third-order valence-electron chi connectivity index (χ3n) is 4.15. The van der Waals surface area contributed by atoms with E-state index in [1.54, 1.807) is 11.8 Å². The van der Waals surface area contributed by atoms with E-state index in [0.29, 0.717) is 12.1 Å².